The Labute approximate surface area is 128 Å². The highest BCUT2D eigenvalue weighted by molar-refractivity contribution is 5.33. The predicted octanol–water partition coefficient (Wildman–Crippen LogP) is 3.31. The van der Waals surface area contributed by atoms with Crippen LogP contribution < -0.4 is 4.74 Å². The summed E-state index contributed by atoms with van der Waals surface area (Å²) in [7, 11) is 0. The molecular formula is C18H29NO2. The number of ether oxygens (including phenoxy) is 1. The summed E-state index contributed by atoms with van der Waals surface area (Å²) in [6, 6.07) is 6.62. The van der Waals surface area contributed by atoms with Crippen molar-refractivity contribution in [2.45, 2.75) is 52.0 Å². The number of aliphatic hydroxyl groups is 1. The van der Waals surface area contributed by atoms with Crippen LogP contribution in [0.1, 0.15) is 43.2 Å². The minimum atomic E-state index is 0.290. The van der Waals surface area contributed by atoms with Gasteiger partial charge in [0.2, 0.25) is 0 Å². The molecule has 1 aromatic rings. The van der Waals surface area contributed by atoms with Gasteiger partial charge in [0, 0.05) is 12.6 Å². The summed E-state index contributed by atoms with van der Waals surface area (Å²) >= 11 is 0. The van der Waals surface area contributed by atoms with Crippen LogP contribution >= 0.6 is 0 Å². The molecule has 1 saturated heterocycles. The maximum atomic E-state index is 9.50. The topological polar surface area (TPSA) is 32.7 Å². The Morgan fingerprint density at radius 1 is 1.19 bits per heavy atom. The van der Waals surface area contributed by atoms with Crippen molar-refractivity contribution in [3.63, 3.8) is 0 Å². The SMILES string of the molecule is Cc1ccc(OCCCN2CCCCCC2CO)cc1C. The lowest BCUT2D eigenvalue weighted by atomic mass is 10.1. The van der Waals surface area contributed by atoms with Gasteiger partial charge in [0.15, 0.2) is 0 Å². The van der Waals surface area contributed by atoms with Crippen molar-refractivity contribution in [3.8, 4) is 5.75 Å². The molecule has 1 atom stereocenters. The molecule has 1 unspecified atom stereocenters. The van der Waals surface area contributed by atoms with Crippen molar-refractivity contribution in [1.82, 2.24) is 4.90 Å². The van der Waals surface area contributed by atoms with Crippen molar-refractivity contribution in [2.24, 2.45) is 0 Å². The van der Waals surface area contributed by atoms with Crippen molar-refractivity contribution in [2.75, 3.05) is 26.3 Å². The molecule has 0 saturated carbocycles. The van der Waals surface area contributed by atoms with Gasteiger partial charge in [0.05, 0.1) is 13.2 Å². The van der Waals surface area contributed by atoms with Gasteiger partial charge in [-0.05, 0) is 62.9 Å². The zero-order chi connectivity index (χ0) is 15.1. The highest BCUT2D eigenvalue weighted by Gasteiger charge is 2.19. The number of likely N-dealkylation sites (tertiary alicyclic amines) is 1. The van der Waals surface area contributed by atoms with Gasteiger partial charge >= 0.3 is 0 Å². The average molecular weight is 291 g/mol. The third-order valence-corrected chi connectivity index (χ3v) is 4.55. The average Bonchev–Trinajstić information content (AvgIpc) is 2.72. The van der Waals surface area contributed by atoms with Gasteiger partial charge in [-0.25, -0.2) is 0 Å². The van der Waals surface area contributed by atoms with E-state index in [1.807, 2.05) is 6.07 Å². The van der Waals surface area contributed by atoms with Crippen LogP contribution in [0.25, 0.3) is 0 Å². The van der Waals surface area contributed by atoms with Gasteiger partial charge < -0.3 is 9.84 Å². The number of benzene rings is 1. The van der Waals surface area contributed by atoms with Gasteiger partial charge in [-0.2, -0.15) is 0 Å². The van der Waals surface area contributed by atoms with Crippen LogP contribution in [0.4, 0.5) is 0 Å². The molecule has 21 heavy (non-hydrogen) atoms. The first-order valence-electron chi connectivity index (χ1n) is 8.25. The van der Waals surface area contributed by atoms with Crippen LogP contribution in [-0.2, 0) is 0 Å². The van der Waals surface area contributed by atoms with E-state index in [4.69, 9.17) is 4.74 Å². The van der Waals surface area contributed by atoms with Crippen LogP contribution in [0, 0.1) is 13.8 Å². The molecular weight excluding hydrogens is 262 g/mol. The fraction of sp³-hybridized carbons (Fsp3) is 0.667. The second-order valence-electron chi connectivity index (χ2n) is 6.17. The van der Waals surface area contributed by atoms with Crippen molar-refractivity contribution < 1.29 is 9.84 Å². The molecule has 3 heteroatoms. The fourth-order valence-electron chi connectivity index (χ4n) is 3.00. The van der Waals surface area contributed by atoms with E-state index in [1.54, 1.807) is 0 Å². The molecule has 0 amide bonds. The second kappa shape index (κ2) is 8.40. The van der Waals surface area contributed by atoms with Crippen molar-refractivity contribution in [1.29, 1.82) is 0 Å². The van der Waals surface area contributed by atoms with E-state index >= 15 is 0 Å². The molecule has 2 rings (SSSR count). The first-order valence-corrected chi connectivity index (χ1v) is 8.25. The van der Waals surface area contributed by atoms with E-state index in [0.29, 0.717) is 6.04 Å². The fourth-order valence-corrected chi connectivity index (χ4v) is 3.00. The highest BCUT2D eigenvalue weighted by atomic mass is 16.5. The van der Waals surface area contributed by atoms with Crippen molar-refractivity contribution >= 4 is 0 Å². The van der Waals surface area contributed by atoms with E-state index in [-0.39, 0.29) is 6.61 Å². The van der Waals surface area contributed by atoms with Crippen LogP contribution in [0.15, 0.2) is 18.2 Å². The van der Waals surface area contributed by atoms with E-state index < -0.39 is 0 Å². The Hall–Kier alpha value is -1.06. The minimum Gasteiger partial charge on any atom is -0.494 e. The number of nitrogens with zero attached hydrogens (tertiary/aromatic N) is 1. The Balaban J connectivity index is 1.74. The number of rotatable bonds is 6. The van der Waals surface area contributed by atoms with Gasteiger partial charge in [-0.15, -0.1) is 0 Å². The Morgan fingerprint density at radius 3 is 2.81 bits per heavy atom. The van der Waals surface area contributed by atoms with E-state index in [1.165, 1.54) is 30.4 Å². The lowest BCUT2D eigenvalue weighted by Gasteiger charge is -2.28. The lowest BCUT2D eigenvalue weighted by Crippen LogP contribution is -2.38. The Morgan fingerprint density at radius 2 is 2.05 bits per heavy atom. The van der Waals surface area contributed by atoms with Gasteiger partial charge in [-0.1, -0.05) is 18.9 Å². The zero-order valence-corrected chi connectivity index (χ0v) is 13.5. The number of aliphatic hydroxyl groups excluding tert-OH is 1. The molecule has 118 valence electrons. The minimum absolute atomic E-state index is 0.290. The van der Waals surface area contributed by atoms with Gasteiger partial charge in [0.25, 0.3) is 0 Å². The predicted molar refractivity (Wildman–Crippen MR) is 86.9 cm³/mol. The summed E-state index contributed by atoms with van der Waals surface area (Å²) in [5.41, 5.74) is 2.58. The molecule has 0 spiro atoms. The van der Waals surface area contributed by atoms with Gasteiger partial charge in [0.1, 0.15) is 5.75 Å². The monoisotopic (exact) mass is 291 g/mol. The molecule has 0 aromatic heterocycles. The number of hydrogen-bond acceptors (Lipinski definition) is 3. The summed E-state index contributed by atoms with van der Waals surface area (Å²) in [5, 5.41) is 9.50. The molecule has 1 aliphatic rings. The standard InChI is InChI=1S/C18H29NO2/c1-15-8-9-18(13-16(15)2)21-12-6-11-19-10-5-3-4-7-17(19)14-20/h8-9,13,17,20H,3-7,10-12,14H2,1-2H3. The Bertz CT molecular complexity index is 433. The second-order valence-corrected chi connectivity index (χ2v) is 6.17. The summed E-state index contributed by atoms with van der Waals surface area (Å²) in [6.45, 7) is 7.42. The molecule has 0 aliphatic carbocycles. The Kier molecular flexibility index (Phi) is 6.52. The molecule has 0 radical (unpaired) electrons. The summed E-state index contributed by atoms with van der Waals surface area (Å²) < 4.78 is 5.84. The third kappa shape index (κ3) is 5.01. The molecule has 1 aliphatic heterocycles. The quantitative estimate of drug-likeness (QED) is 0.816. The first-order chi connectivity index (χ1) is 10.2. The van der Waals surface area contributed by atoms with Crippen LogP contribution in [-0.4, -0.2) is 42.4 Å². The largest absolute Gasteiger partial charge is 0.494 e. The maximum Gasteiger partial charge on any atom is 0.119 e. The summed E-state index contributed by atoms with van der Waals surface area (Å²) in [5.74, 6) is 0.965. The molecule has 1 N–H and O–H groups in total. The third-order valence-electron chi connectivity index (χ3n) is 4.55. The van der Waals surface area contributed by atoms with Gasteiger partial charge in [-0.3, -0.25) is 4.90 Å². The van der Waals surface area contributed by atoms with E-state index in [2.05, 4.69) is 30.9 Å². The smallest absolute Gasteiger partial charge is 0.119 e. The molecule has 0 bridgehead atoms. The van der Waals surface area contributed by atoms with Crippen LogP contribution in [0.3, 0.4) is 0 Å². The number of aryl methyl sites for hydroxylation is 2. The summed E-state index contributed by atoms with van der Waals surface area (Å²) in [6.07, 6.45) is 5.96. The van der Waals surface area contributed by atoms with Crippen molar-refractivity contribution in [3.05, 3.63) is 29.3 Å². The summed E-state index contributed by atoms with van der Waals surface area (Å²) in [4.78, 5) is 2.44. The molecule has 3 nitrogen and oxygen atoms in total. The number of hydrogen-bond donors (Lipinski definition) is 1. The molecule has 1 fully saturated rings. The van der Waals surface area contributed by atoms with E-state index in [0.717, 1.165) is 38.3 Å². The normalized spacial score (nSPS) is 20.2. The van der Waals surface area contributed by atoms with E-state index in [9.17, 15) is 5.11 Å². The molecule has 1 heterocycles. The highest BCUT2D eigenvalue weighted by Crippen LogP contribution is 2.18. The first kappa shape index (κ1) is 16.3. The maximum absolute atomic E-state index is 9.50. The lowest BCUT2D eigenvalue weighted by molar-refractivity contribution is 0.118. The van der Waals surface area contributed by atoms with Crippen LogP contribution in [0.2, 0.25) is 0 Å². The van der Waals surface area contributed by atoms with Crippen LogP contribution in [0.5, 0.6) is 5.75 Å². The molecule has 1 aromatic carbocycles. The zero-order valence-electron chi connectivity index (χ0n) is 13.5.